The minimum Gasteiger partial charge on any atom is -0.352 e. The van der Waals surface area contributed by atoms with Crippen LogP contribution < -0.4 is 0 Å². The molecule has 1 aromatic carbocycles. The summed E-state index contributed by atoms with van der Waals surface area (Å²) in [6.45, 7) is 1.24. The Hall–Kier alpha value is -2.24. The smallest absolute Gasteiger partial charge is 0.228 e. The molecule has 0 bridgehead atoms. The summed E-state index contributed by atoms with van der Waals surface area (Å²) in [5.74, 6) is 0.589. The van der Waals surface area contributed by atoms with Crippen molar-refractivity contribution >= 4 is 5.84 Å². The van der Waals surface area contributed by atoms with Crippen molar-refractivity contribution in [3.05, 3.63) is 47.4 Å². The molecule has 1 N–H and O–H groups in total. The average molecular weight is 246 g/mol. The van der Waals surface area contributed by atoms with E-state index in [0.29, 0.717) is 36.8 Å². The monoisotopic (exact) mass is 246 g/mol. The lowest BCUT2D eigenvalue weighted by Gasteiger charge is -2.16. The highest BCUT2D eigenvalue weighted by Crippen LogP contribution is 2.23. The van der Waals surface area contributed by atoms with Crippen LogP contribution in [0.3, 0.4) is 0 Å². The molecule has 92 valence electrons. The van der Waals surface area contributed by atoms with E-state index in [1.807, 2.05) is 4.90 Å². The van der Waals surface area contributed by atoms with Crippen LogP contribution in [0.1, 0.15) is 17.0 Å². The van der Waals surface area contributed by atoms with Gasteiger partial charge in [0.2, 0.25) is 5.89 Å². The Morgan fingerprint density at radius 3 is 3.11 bits per heavy atom. The second kappa shape index (κ2) is 4.21. The van der Waals surface area contributed by atoms with E-state index in [1.165, 1.54) is 18.5 Å². The zero-order valence-corrected chi connectivity index (χ0v) is 9.56. The summed E-state index contributed by atoms with van der Waals surface area (Å²) in [5, 5.41) is 11.5. The van der Waals surface area contributed by atoms with E-state index in [2.05, 4.69) is 10.1 Å². The molecule has 18 heavy (non-hydrogen) atoms. The maximum absolute atomic E-state index is 13.1. The Bertz CT molecular complexity index is 582. The number of aromatic nitrogens is 2. The minimum atomic E-state index is -0.308. The van der Waals surface area contributed by atoms with Crippen LogP contribution in [0.2, 0.25) is 0 Å². The highest BCUT2D eigenvalue weighted by atomic mass is 19.1. The first-order valence-electron chi connectivity index (χ1n) is 5.62. The highest BCUT2D eigenvalue weighted by Gasteiger charge is 2.24. The SMILES string of the molecule is N=C1c2cc(F)ccc2CN1CCc1ncno1. The summed E-state index contributed by atoms with van der Waals surface area (Å²) in [6, 6.07) is 4.56. The van der Waals surface area contributed by atoms with Crippen LogP contribution in [-0.2, 0) is 13.0 Å². The number of rotatable bonds is 3. The van der Waals surface area contributed by atoms with Crippen molar-refractivity contribution in [3.8, 4) is 0 Å². The van der Waals surface area contributed by atoms with E-state index in [4.69, 9.17) is 9.93 Å². The molecule has 1 aliphatic heterocycles. The standard InChI is InChI=1S/C12H11FN4O/c13-9-2-1-8-6-17(12(14)10(8)5-9)4-3-11-15-7-16-18-11/h1-2,5,7,14H,3-4,6H2. The molecule has 3 rings (SSSR count). The predicted octanol–water partition coefficient (Wildman–Crippen LogP) is 1.59. The first-order chi connectivity index (χ1) is 8.74. The first-order valence-corrected chi connectivity index (χ1v) is 5.62. The van der Waals surface area contributed by atoms with Crippen LogP contribution >= 0.6 is 0 Å². The largest absolute Gasteiger partial charge is 0.352 e. The molecule has 0 amide bonds. The fourth-order valence-electron chi connectivity index (χ4n) is 2.09. The lowest BCUT2D eigenvalue weighted by atomic mass is 10.1. The Labute approximate surface area is 103 Å². The molecule has 6 heteroatoms. The van der Waals surface area contributed by atoms with Crippen LogP contribution in [-0.4, -0.2) is 27.4 Å². The lowest BCUT2D eigenvalue weighted by Crippen LogP contribution is -2.26. The van der Waals surface area contributed by atoms with E-state index in [-0.39, 0.29) is 5.82 Å². The Kier molecular flexibility index (Phi) is 2.55. The van der Waals surface area contributed by atoms with E-state index in [1.54, 1.807) is 6.07 Å². The number of nitrogens with zero attached hydrogens (tertiary/aromatic N) is 3. The molecule has 0 atom stereocenters. The van der Waals surface area contributed by atoms with Gasteiger partial charge in [-0.05, 0) is 17.7 Å². The number of nitrogens with one attached hydrogen (secondary N) is 1. The molecule has 1 aliphatic rings. The number of fused-ring (bicyclic) bond motifs is 1. The van der Waals surface area contributed by atoms with Crippen molar-refractivity contribution in [2.75, 3.05) is 6.54 Å². The summed E-state index contributed by atoms with van der Waals surface area (Å²) in [4.78, 5) is 5.80. The third kappa shape index (κ3) is 1.85. The van der Waals surface area contributed by atoms with Gasteiger partial charge < -0.3 is 9.42 Å². The van der Waals surface area contributed by atoms with Crippen molar-refractivity contribution < 1.29 is 8.91 Å². The van der Waals surface area contributed by atoms with Gasteiger partial charge in [0, 0.05) is 25.1 Å². The molecule has 0 saturated carbocycles. The first kappa shape index (κ1) is 10.9. The summed E-state index contributed by atoms with van der Waals surface area (Å²) in [7, 11) is 0. The van der Waals surface area contributed by atoms with Gasteiger partial charge in [-0.1, -0.05) is 11.2 Å². The van der Waals surface area contributed by atoms with E-state index < -0.39 is 0 Å². The summed E-state index contributed by atoms with van der Waals surface area (Å²) >= 11 is 0. The molecule has 2 aromatic rings. The second-order valence-electron chi connectivity index (χ2n) is 4.16. The maximum atomic E-state index is 13.1. The zero-order valence-electron chi connectivity index (χ0n) is 9.56. The molecule has 0 radical (unpaired) electrons. The van der Waals surface area contributed by atoms with Crippen LogP contribution in [0, 0.1) is 11.2 Å². The number of benzene rings is 1. The molecule has 0 aliphatic carbocycles. The zero-order chi connectivity index (χ0) is 12.5. The molecule has 0 saturated heterocycles. The van der Waals surface area contributed by atoms with Gasteiger partial charge in [0.25, 0.3) is 0 Å². The van der Waals surface area contributed by atoms with Gasteiger partial charge in [-0.15, -0.1) is 0 Å². The highest BCUT2D eigenvalue weighted by molar-refractivity contribution is 6.00. The van der Waals surface area contributed by atoms with Gasteiger partial charge in [0.15, 0.2) is 6.33 Å². The van der Waals surface area contributed by atoms with E-state index in [9.17, 15) is 4.39 Å². The van der Waals surface area contributed by atoms with Crippen molar-refractivity contribution in [1.29, 1.82) is 5.41 Å². The number of amidine groups is 1. The minimum absolute atomic E-state index is 0.308. The molecular formula is C12H11FN4O. The Morgan fingerprint density at radius 1 is 1.44 bits per heavy atom. The molecule has 0 unspecified atom stereocenters. The third-order valence-corrected chi connectivity index (χ3v) is 3.01. The van der Waals surface area contributed by atoms with Crippen molar-refractivity contribution in [3.63, 3.8) is 0 Å². The summed E-state index contributed by atoms with van der Waals surface area (Å²) in [5.41, 5.74) is 1.65. The predicted molar refractivity (Wildman–Crippen MR) is 61.6 cm³/mol. The molecule has 2 heterocycles. The second-order valence-corrected chi connectivity index (χ2v) is 4.16. The summed E-state index contributed by atoms with van der Waals surface area (Å²) < 4.78 is 18.0. The van der Waals surface area contributed by atoms with Gasteiger partial charge in [0.05, 0.1) is 0 Å². The van der Waals surface area contributed by atoms with Gasteiger partial charge in [0.1, 0.15) is 11.7 Å². The molecular weight excluding hydrogens is 235 g/mol. The number of hydrogen-bond donors (Lipinski definition) is 1. The molecule has 0 spiro atoms. The Balaban J connectivity index is 1.72. The number of hydrogen-bond acceptors (Lipinski definition) is 4. The topological polar surface area (TPSA) is 66.0 Å². The normalized spacial score (nSPS) is 14.1. The summed E-state index contributed by atoms with van der Waals surface area (Å²) in [6.07, 6.45) is 1.94. The molecule has 1 aromatic heterocycles. The fourth-order valence-corrected chi connectivity index (χ4v) is 2.09. The van der Waals surface area contributed by atoms with E-state index >= 15 is 0 Å². The van der Waals surface area contributed by atoms with E-state index in [0.717, 1.165) is 5.56 Å². The van der Waals surface area contributed by atoms with Crippen LogP contribution in [0.25, 0.3) is 0 Å². The average Bonchev–Trinajstić information content (AvgIpc) is 2.97. The third-order valence-electron chi connectivity index (χ3n) is 3.01. The van der Waals surface area contributed by atoms with Gasteiger partial charge >= 0.3 is 0 Å². The maximum Gasteiger partial charge on any atom is 0.228 e. The van der Waals surface area contributed by atoms with Gasteiger partial charge in [-0.3, -0.25) is 5.41 Å². The fraction of sp³-hybridized carbons (Fsp3) is 0.250. The van der Waals surface area contributed by atoms with Crippen LogP contribution in [0.15, 0.2) is 29.0 Å². The van der Waals surface area contributed by atoms with Gasteiger partial charge in [-0.25, -0.2) is 4.39 Å². The van der Waals surface area contributed by atoms with Crippen LogP contribution in [0.4, 0.5) is 4.39 Å². The molecule has 5 nitrogen and oxygen atoms in total. The Morgan fingerprint density at radius 2 is 2.33 bits per heavy atom. The quantitative estimate of drug-likeness (QED) is 0.893. The van der Waals surface area contributed by atoms with Gasteiger partial charge in [-0.2, -0.15) is 4.98 Å². The lowest BCUT2D eigenvalue weighted by molar-refractivity contribution is 0.350. The van der Waals surface area contributed by atoms with Crippen molar-refractivity contribution in [2.24, 2.45) is 0 Å². The number of halogens is 1. The van der Waals surface area contributed by atoms with Crippen molar-refractivity contribution in [2.45, 2.75) is 13.0 Å². The van der Waals surface area contributed by atoms with Crippen molar-refractivity contribution in [1.82, 2.24) is 15.0 Å². The van der Waals surface area contributed by atoms with Crippen LogP contribution in [0.5, 0.6) is 0 Å². The molecule has 0 fully saturated rings.